The van der Waals surface area contributed by atoms with Crippen molar-refractivity contribution in [3.8, 4) is 5.75 Å². The summed E-state index contributed by atoms with van der Waals surface area (Å²) < 4.78 is 5.60. The second-order valence-electron chi connectivity index (χ2n) is 5.37. The van der Waals surface area contributed by atoms with Gasteiger partial charge in [-0.2, -0.15) is 0 Å². The molecule has 0 spiro atoms. The van der Waals surface area contributed by atoms with Crippen molar-refractivity contribution < 1.29 is 9.53 Å². The van der Waals surface area contributed by atoms with Crippen molar-refractivity contribution in [3.05, 3.63) is 29.3 Å². The normalized spacial score (nSPS) is 15.9. The fourth-order valence-corrected chi connectivity index (χ4v) is 1.92. The lowest BCUT2D eigenvalue weighted by molar-refractivity contribution is -0.123. The van der Waals surface area contributed by atoms with E-state index in [0.29, 0.717) is 11.7 Å². The topological polar surface area (TPSA) is 64.3 Å². The van der Waals surface area contributed by atoms with Crippen LogP contribution in [0.1, 0.15) is 36.9 Å². The summed E-state index contributed by atoms with van der Waals surface area (Å²) >= 11 is 0. The first-order valence-electron chi connectivity index (χ1n) is 6.82. The molecule has 1 aromatic carbocycles. The number of carbonyl (C=O) groups excluding carboxylic acids is 1. The first kappa shape index (κ1) is 13.9. The molecule has 0 unspecified atom stereocenters. The van der Waals surface area contributed by atoms with Crippen LogP contribution in [0.2, 0.25) is 0 Å². The number of nitrogens with one attached hydrogen (secondary N) is 1. The van der Waals surface area contributed by atoms with E-state index >= 15 is 0 Å². The molecule has 19 heavy (non-hydrogen) atoms. The molecule has 3 N–H and O–H groups in total. The minimum Gasteiger partial charge on any atom is -0.483 e. The Hall–Kier alpha value is -1.55. The van der Waals surface area contributed by atoms with E-state index in [9.17, 15) is 4.79 Å². The van der Waals surface area contributed by atoms with Crippen molar-refractivity contribution in [2.24, 2.45) is 11.7 Å². The van der Waals surface area contributed by atoms with E-state index < -0.39 is 0 Å². The number of ether oxygens (including phenoxy) is 1. The number of hydrogen-bond donors (Lipinski definition) is 2. The Kier molecular flexibility index (Phi) is 4.43. The maximum absolute atomic E-state index is 11.6. The van der Waals surface area contributed by atoms with Crippen LogP contribution in [-0.2, 0) is 4.79 Å². The average molecular weight is 262 g/mol. The van der Waals surface area contributed by atoms with E-state index in [1.807, 2.05) is 32.0 Å². The predicted octanol–water partition coefficient (Wildman–Crippen LogP) is 1.92. The smallest absolute Gasteiger partial charge is 0.257 e. The highest BCUT2D eigenvalue weighted by molar-refractivity contribution is 5.77. The van der Waals surface area contributed by atoms with E-state index in [-0.39, 0.29) is 18.6 Å². The van der Waals surface area contributed by atoms with Gasteiger partial charge in [0.2, 0.25) is 0 Å². The second-order valence-corrected chi connectivity index (χ2v) is 5.37. The third-order valence-electron chi connectivity index (χ3n) is 3.30. The van der Waals surface area contributed by atoms with Gasteiger partial charge in [0.05, 0.1) is 0 Å². The Morgan fingerprint density at radius 1 is 1.53 bits per heavy atom. The number of carbonyl (C=O) groups is 1. The minimum absolute atomic E-state index is 0.0515. The lowest BCUT2D eigenvalue weighted by atomic mass is 10.1. The van der Waals surface area contributed by atoms with Crippen LogP contribution in [0.5, 0.6) is 5.75 Å². The molecule has 0 bridgehead atoms. The van der Waals surface area contributed by atoms with Gasteiger partial charge in [0.25, 0.3) is 5.91 Å². The van der Waals surface area contributed by atoms with Crippen molar-refractivity contribution in [1.29, 1.82) is 0 Å². The number of hydrogen-bond acceptors (Lipinski definition) is 3. The molecule has 0 saturated heterocycles. The highest BCUT2D eigenvalue weighted by Crippen LogP contribution is 2.27. The average Bonchev–Trinajstić information content (AvgIpc) is 3.17. The predicted molar refractivity (Wildman–Crippen MR) is 75.0 cm³/mol. The first-order valence-corrected chi connectivity index (χ1v) is 6.82. The summed E-state index contributed by atoms with van der Waals surface area (Å²) in [6.45, 7) is 4.72. The summed E-state index contributed by atoms with van der Waals surface area (Å²) in [5.41, 5.74) is 7.92. The summed E-state index contributed by atoms with van der Waals surface area (Å²) in [7, 11) is 0. The molecule has 4 nitrogen and oxygen atoms in total. The van der Waals surface area contributed by atoms with E-state index in [2.05, 4.69) is 5.32 Å². The zero-order chi connectivity index (χ0) is 13.8. The van der Waals surface area contributed by atoms with Crippen LogP contribution < -0.4 is 15.8 Å². The summed E-state index contributed by atoms with van der Waals surface area (Å²) in [4.78, 5) is 11.6. The number of aryl methyl sites for hydroxylation is 1. The Bertz CT molecular complexity index is 453. The molecule has 4 heteroatoms. The zero-order valence-electron chi connectivity index (χ0n) is 11.6. The molecule has 1 aromatic rings. The Labute approximate surface area is 114 Å². The second kappa shape index (κ2) is 6.06. The molecule has 1 atom stereocenters. The molecular weight excluding hydrogens is 240 g/mol. The summed E-state index contributed by atoms with van der Waals surface area (Å²) in [6.07, 6.45) is 2.46. The lowest BCUT2D eigenvalue weighted by Gasteiger charge is -2.14. The number of rotatable bonds is 6. The number of amides is 1. The molecule has 2 rings (SSSR count). The van der Waals surface area contributed by atoms with Crippen molar-refractivity contribution in [2.75, 3.05) is 13.2 Å². The van der Waals surface area contributed by atoms with Crippen molar-refractivity contribution in [3.63, 3.8) is 0 Å². The standard InChI is InChI=1S/C15H22N2O2/c1-10-3-6-13(11(2)16)14(7-10)19-9-15(18)17-8-12-4-5-12/h3,6-7,11-12H,4-5,8-9,16H2,1-2H3,(H,17,18)/t11-/m1/s1. The number of benzene rings is 1. The maximum atomic E-state index is 11.6. The largest absolute Gasteiger partial charge is 0.483 e. The molecule has 0 radical (unpaired) electrons. The lowest BCUT2D eigenvalue weighted by Crippen LogP contribution is -2.30. The van der Waals surface area contributed by atoms with Gasteiger partial charge in [-0.3, -0.25) is 4.79 Å². The molecule has 104 valence electrons. The first-order chi connectivity index (χ1) is 9.06. The fraction of sp³-hybridized carbons (Fsp3) is 0.533. The van der Waals surface area contributed by atoms with E-state index in [1.54, 1.807) is 0 Å². The Morgan fingerprint density at radius 2 is 2.26 bits per heavy atom. The van der Waals surface area contributed by atoms with Crippen LogP contribution in [-0.4, -0.2) is 19.1 Å². The summed E-state index contributed by atoms with van der Waals surface area (Å²) in [5, 5.41) is 2.88. The molecule has 0 heterocycles. The van der Waals surface area contributed by atoms with Gasteiger partial charge in [-0.15, -0.1) is 0 Å². The fourth-order valence-electron chi connectivity index (χ4n) is 1.92. The molecule has 1 aliphatic carbocycles. The Balaban J connectivity index is 1.89. The van der Waals surface area contributed by atoms with Gasteiger partial charge in [0.1, 0.15) is 5.75 Å². The zero-order valence-corrected chi connectivity index (χ0v) is 11.6. The van der Waals surface area contributed by atoms with Crippen molar-refractivity contribution >= 4 is 5.91 Å². The minimum atomic E-state index is -0.106. The van der Waals surface area contributed by atoms with Gasteiger partial charge in [-0.1, -0.05) is 12.1 Å². The molecule has 0 aliphatic heterocycles. The third kappa shape index (κ3) is 4.24. The van der Waals surface area contributed by atoms with Gasteiger partial charge in [-0.25, -0.2) is 0 Å². The van der Waals surface area contributed by atoms with Crippen LogP contribution in [0.15, 0.2) is 18.2 Å². The Morgan fingerprint density at radius 3 is 2.89 bits per heavy atom. The maximum Gasteiger partial charge on any atom is 0.257 e. The highest BCUT2D eigenvalue weighted by Gasteiger charge is 2.21. The third-order valence-corrected chi connectivity index (χ3v) is 3.30. The monoisotopic (exact) mass is 262 g/mol. The molecule has 0 aromatic heterocycles. The molecular formula is C15H22N2O2. The van der Waals surface area contributed by atoms with Gasteiger partial charge in [0.15, 0.2) is 6.61 Å². The van der Waals surface area contributed by atoms with Crippen molar-refractivity contribution in [2.45, 2.75) is 32.7 Å². The van der Waals surface area contributed by atoms with E-state index in [1.165, 1.54) is 12.8 Å². The van der Waals surface area contributed by atoms with Crippen LogP contribution >= 0.6 is 0 Å². The number of nitrogens with two attached hydrogens (primary N) is 1. The molecule has 1 saturated carbocycles. The van der Waals surface area contributed by atoms with E-state index in [4.69, 9.17) is 10.5 Å². The van der Waals surface area contributed by atoms with E-state index in [0.717, 1.165) is 17.7 Å². The SMILES string of the molecule is Cc1ccc([C@@H](C)N)c(OCC(=O)NCC2CC2)c1. The quantitative estimate of drug-likeness (QED) is 0.823. The van der Waals surface area contributed by atoms with Crippen LogP contribution in [0, 0.1) is 12.8 Å². The van der Waals surface area contributed by atoms with Gasteiger partial charge in [0, 0.05) is 18.2 Å². The molecule has 1 fully saturated rings. The van der Waals surface area contributed by atoms with Crippen LogP contribution in [0.4, 0.5) is 0 Å². The molecule has 1 aliphatic rings. The summed E-state index contributed by atoms with van der Waals surface area (Å²) in [5.74, 6) is 1.32. The van der Waals surface area contributed by atoms with Crippen molar-refractivity contribution in [1.82, 2.24) is 5.32 Å². The highest BCUT2D eigenvalue weighted by atomic mass is 16.5. The van der Waals surface area contributed by atoms with Gasteiger partial charge in [-0.05, 0) is 44.2 Å². The van der Waals surface area contributed by atoms with Crippen LogP contribution in [0.25, 0.3) is 0 Å². The molecule has 1 amide bonds. The van der Waals surface area contributed by atoms with Gasteiger partial charge < -0.3 is 15.8 Å². The summed E-state index contributed by atoms with van der Waals surface area (Å²) in [6, 6.07) is 5.77. The van der Waals surface area contributed by atoms with Crippen LogP contribution in [0.3, 0.4) is 0 Å². The van der Waals surface area contributed by atoms with Gasteiger partial charge >= 0.3 is 0 Å².